The first-order valence-electron chi connectivity index (χ1n) is 4.70. The SMILES string of the molecule is CC(=O)O[C@@H]1[C@H](F)COC(O)[C@H]1OC(C)=O. The lowest BCUT2D eigenvalue weighted by atomic mass is 10.1. The fourth-order valence-electron chi connectivity index (χ4n) is 1.40. The van der Waals surface area contributed by atoms with Crippen molar-refractivity contribution in [2.45, 2.75) is 38.5 Å². The van der Waals surface area contributed by atoms with Crippen molar-refractivity contribution in [2.24, 2.45) is 0 Å². The quantitative estimate of drug-likeness (QED) is 0.653. The monoisotopic (exact) mass is 236 g/mol. The van der Waals surface area contributed by atoms with Crippen molar-refractivity contribution in [1.82, 2.24) is 0 Å². The average molecular weight is 236 g/mol. The van der Waals surface area contributed by atoms with Gasteiger partial charge in [-0.25, -0.2) is 4.39 Å². The molecular weight excluding hydrogens is 223 g/mol. The Morgan fingerprint density at radius 2 is 1.75 bits per heavy atom. The van der Waals surface area contributed by atoms with Crippen molar-refractivity contribution in [2.75, 3.05) is 6.61 Å². The summed E-state index contributed by atoms with van der Waals surface area (Å²) in [6.45, 7) is 1.77. The number of rotatable bonds is 2. The summed E-state index contributed by atoms with van der Waals surface area (Å²) in [6, 6.07) is 0. The number of aliphatic hydroxyl groups is 1. The van der Waals surface area contributed by atoms with E-state index >= 15 is 0 Å². The molecule has 92 valence electrons. The molecule has 1 unspecified atom stereocenters. The van der Waals surface area contributed by atoms with Gasteiger partial charge in [0.2, 0.25) is 0 Å². The van der Waals surface area contributed by atoms with E-state index in [2.05, 4.69) is 14.2 Å². The highest BCUT2D eigenvalue weighted by atomic mass is 19.1. The van der Waals surface area contributed by atoms with Crippen LogP contribution in [0.1, 0.15) is 13.8 Å². The Morgan fingerprint density at radius 3 is 2.25 bits per heavy atom. The van der Waals surface area contributed by atoms with Crippen LogP contribution in [0.5, 0.6) is 0 Å². The van der Waals surface area contributed by atoms with E-state index in [0.29, 0.717) is 0 Å². The van der Waals surface area contributed by atoms with Gasteiger partial charge in [-0.3, -0.25) is 9.59 Å². The lowest BCUT2D eigenvalue weighted by Gasteiger charge is -2.35. The van der Waals surface area contributed by atoms with Gasteiger partial charge in [0, 0.05) is 13.8 Å². The van der Waals surface area contributed by atoms with Gasteiger partial charge in [0.05, 0.1) is 6.61 Å². The van der Waals surface area contributed by atoms with Crippen molar-refractivity contribution in [1.29, 1.82) is 0 Å². The minimum Gasteiger partial charge on any atom is -0.455 e. The molecule has 0 radical (unpaired) electrons. The van der Waals surface area contributed by atoms with Gasteiger partial charge in [-0.05, 0) is 0 Å². The van der Waals surface area contributed by atoms with E-state index in [1.807, 2.05) is 0 Å². The van der Waals surface area contributed by atoms with Gasteiger partial charge in [0.25, 0.3) is 0 Å². The number of alkyl halides is 1. The highest BCUT2D eigenvalue weighted by Crippen LogP contribution is 2.22. The van der Waals surface area contributed by atoms with Crippen LogP contribution >= 0.6 is 0 Å². The summed E-state index contributed by atoms with van der Waals surface area (Å²) in [6.07, 6.45) is -5.83. The number of carbonyl (C=O) groups excluding carboxylic acids is 2. The van der Waals surface area contributed by atoms with Crippen LogP contribution in [0.3, 0.4) is 0 Å². The van der Waals surface area contributed by atoms with Crippen LogP contribution in [0.4, 0.5) is 4.39 Å². The third-order valence-electron chi connectivity index (χ3n) is 1.99. The Kier molecular flexibility index (Phi) is 4.19. The van der Waals surface area contributed by atoms with E-state index in [0.717, 1.165) is 13.8 Å². The molecule has 1 saturated heterocycles. The lowest BCUT2D eigenvalue weighted by molar-refractivity contribution is -0.254. The molecule has 0 aromatic heterocycles. The van der Waals surface area contributed by atoms with Crippen LogP contribution in [-0.2, 0) is 23.8 Å². The van der Waals surface area contributed by atoms with Gasteiger partial charge < -0.3 is 19.3 Å². The number of hydrogen-bond donors (Lipinski definition) is 1. The molecule has 0 aromatic carbocycles. The predicted octanol–water partition coefficient (Wildman–Crippen LogP) is -0.464. The first kappa shape index (κ1) is 12.9. The molecule has 1 fully saturated rings. The Balaban J connectivity index is 2.76. The smallest absolute Gasteiger partial charge is 0.303 e. The van der Waals surface area contributed by atoms with Crippen molar-refractivity contribution < 1.29 is 33.3 Å². The normalized spacial score (nSPS) is 34.2. The van der Waals surface area contributed by atoms with Crippen molar-refractivity contribution >= 4 is 11.9 Å². The number of halogens is 1. The summed E-state index contributed by atoms with van der Waals surface area (Å²) in [7, 11) is 0. The summed E-state index contributed by atoms with van der Waals surface area (Å²) in [5, 5.41) is 9.36. The fraction of sp³-hybridized carbons (Fsp3) is 0.778. The molecule has 0 aromatic rings. The number of esters is 2. The van der Waals surface area contributed by atoms with E-state index in [4.69, 9.17) is 0 Å². The maximum atomic E-state index is 13.4. The lowest BCUT2D eigenvalue weighted by Crippen LogP contribution is -2.54. The van der Waals surface area contributed by atoms with Crippen LogP contribution in [-0.4, -0.2) is 48.3 Å². The summed E-state index contributed by atoms with van der Waals surface area (Å²) in [4.78, 5) is 21.5. The Morgan fingerprint density at radius 1 is 1.25 bits per heavy atom. The van der Waals surface area contributed by atoms with Crippen LogP contribution in [0.2, 0.25) is 0 Å². The third kappa shape index (κ3) is 3.14. The molecule has 1 rings (SSSR count). The summed E-state index contributed by atoms with van der Waals surface area (Å²) < 4.78 is 27.3. The van der Waals surface area contributed by atoms with Crippen LogP contribution in [0.25, 0.3) is 0 Å². The van der Waals surface area contributed by atoms with E-state index in [1.165, 1.54) is 0 Å². The van der Waals surface area contributed by atoms with E-state index in [9.17, 15) is 19.1 Å². The predicted molar refractivity (Wildman–Crippen MR) is 48.0 cm³/mol. The van der Waals surface area contributed by atoms with E-state index in [-0.39, 0.29) is 0 Å². The van der Waals surface area contributed by atoms with Crippen molar-refractivity contribution in [3.8, 4) is 0 Å². The first-order chi connectivity index (χ1) is 7.41. The molecule has 1 N–H and O–H groups in total. The van der Waals surface area contributed by atoms with Gasteiger partial charge >= 0.3 is 11.9 Å². The minimum absolute atomic E-state index is 0.420. The molecule has 1 aliphatic heterocycles. The zero-order chi connectivity index (χ0) is 12.3. The van der Waals surface area contributed by atoms with Gasteiger partial charge in [0.1, 0.15) is 0 Å². The standard InChI is InChI=1S/C9H13FO6/c1-4(11)15-7-6(10)3-14-9(13)8(7)16-5(2)12/h6-9,13H,3H2,1-2H3/t6-,7-,8+,9?/m1/s1. The molecule has 0 amide bonds. The number of hydrogen-bond acceptors (Lipinski definition) is 6. The molecule has 4 atom stereocenters. The molecule has 1 aliphatic rings. The molecule has 1 heterocycles. The Bertz CT molecular complexity index is 253. The number of ether oxygens (including phenoxy) is 3. The first-order valence-corrected chi connectivity index (χ1v) is 4.70. The molecule has 0 bridgehead atoms. The molecule has 7 heteroatoms. The third-order valence-corrected chi connectivity index (χ3v) is 1.99. The summed E-state index contributed by atoms with van der Waals surface area (Å²) in [5.74, 6) is -1.45. The maximum absolute atomic E-state index is 13.4. The molecular formula is C9H13FO6. The van der Waals surface area contributed by atoms with Crippen LogP contribution in [0.15, 0.2) is 0 Å². The van der Waals surface area contributed by atoms with E-state index in [1.54, 1.807) is 0 Å². The second-order valence-electron chi connectivity index (χ2n) is 3.39. The zero-order valence-corrected chi connectivity index (χ0v) is 8.88. The summed E-state index contributed by atoms with van der Waals surface area (Å²) in [5.41, 5.74) is 0. The molecule has 0 spiro atoms. The van der Waals surface area contributed by atoms with Crippen LogP contribution < -0.4 is 0 Å². The van der Waals surface area contributed by atoms with Crippen molar-refractivity contribution in [3.05, 3.63) is 0 Å². The Labute approximate surface area is 91.3 Å². The van der Waals surface area contributed by atoms with Gasteiger partial charge in [-0.15, -0.1) is 0 Å². The van der Waals surface area contributed by atoms with Gasteiger partial charge in [-0.2, -0.15) is 0 Å². The fourth-order valence-corrected chi connectivity index (χ4v) is 1.40. The van der Waals surface area contributed by atoms with Crippen molar-refractivity contribution in [3.63, 3.8) is 0 Å². The Hall–Kier alpha value is -1.21. The second-order valence-corrected chi connectivity index (χ2v) is 3.39. The average Bonchev–Trinajstić information content (AvgIpc) is 2.16. The summed E-state index contributed by atoms with van der Waals surface area (Å²) >= 11 is 0. The zero-order valence-electron chi connectivity index (χ0n) is 8.88. The van der Waals surface area contributed by atoms with E-state index < -0.39 is 43.2 Å². The van der Waals surface area contributed by atoms with Crippen LogP contribution in [0, 0.1) is 0 Å². The molecule has 0 saturated carbocycles. The highest BCUT2D eigenvalue weighted by molar-refractivity contribution is 5.67. The minimum atomic E-state index is -1.64. The molecule has 16 heavy (non-hydrogen) atoms. The van der Waals surface area contributed by atoms with Gasteiger partial charge in [0.15, 0.2) is 24.7 Å². The number of carbonyl (C=O) groups is 2. The molecule has 6 nitrogen and oxygen atoms in total. The largest absolute Gasteiger partial charge is 0.455 e. The molecule has 0 aliphatic carbocycles. The number of aliphatic hydroxyl groups excluding tert-OH is 1. The van der Waals surface area contributed by atoms with Gasteiger partial charge in [-0.1, -0.05) is 0 Å². The second kappa shape index (κ2) is 5.22. The highest BCUT2D eigenvalue weighted by Gasteiger charge is 2.44. The topological polar surface area (TPSA) is 82.1 Å². The maximum Gasteiger partial charge on any atom is 0.303 e.